The molecule has 1 fully saturated rings. The number of carbonyl (C=O) groups is 2. The van der Waals surface area contributed by atoms with Gasteiger partial charge in [0.05, 0.1) is 27.7 Å². The highest BCUT2D eigenvalue weighted by atomic mass is 35.5. The first kappa shape index (κ1) is 18.4. The molecule has 28 heavy (non-hydrogen) atoms. The number of urea groups is 1. The number of nitriles is 1. The van der Waals surface area contributed by atoms with Gasteiger partial charge < -0.3 is 10.3 Å². The molecule has 1 aromatic heterocycles. The molecule has 1 aliphatic rings. The van der Waals surface area contributed by atoms with Crippen molar-refractivity contribution in [3.8, 4) is 6.07 Å². The lowest BCUT2D eigenvalue weighted by molar-refractivity contribution is -0.127. The second-order valence-electron chi connectivity index (χ2n) is 6.53. The van der Waals surface area contributed by atoms with E-state index < -0.39 is 12.1 Å². The third kappa shape index (κ3) is 3.19. The molecule has 0 radical (unpaired) electrons. The molecule has 1 aliphatic heterocycles. The van der Waals surface area contributed by atoms with Crippen LogP contribution in [0.1, 0.15) is 16.7 Å². The lowest BCUT2D eigenvalue weighted by Gasteiger charge is -2.13. The van der Waals surface area contributed by atoms with Gasteiger partial charge in [-0.15, -0.1) is 0 Å². The Morgan fingerprint density at radius 3 is 2.75 bits per heavy atom. The fourth-order valence-electron chi connectivity index (χ4n) is 3.37. The Kier molecular flexibility index (Phi) is 4.71. The van der Waals surface area contributed by atoms with Crippen LogP contribution in [0.2, 0.25) is 10.0 Å². The van der Waals surface area contributed by atoms with E-state index in [0.717, 1.165) is 21.4 Å². The third-order valence-corrected chi connectivity index (χ3v) is 5.42. The van der Waals surface area contributed by atoms with Crippen molar-refractivity contribution in [3.63, 3.8) is 0 Å². The molecule has 0 saturated carbocycles. The standard InChI is InChI=1S/C20H14Cl2N4O2/c21-15-5-4-11(6-12(15)8-23)10-26-19(27)17(25-20(26)28)7-13-9-24-18-14(13)2-1-3-16(18)22/h1-6,9,17,24H,7,10H2,(H,25,28)/t17-/m0/s1. The summed E-state index contributed by atoms with van der Waals surface area (Å²) >= 11 is 12.1. The number of amides is 3. The van der Waals surface area contributed by atoms with E-state index in [4.69, 9.17) is 28.5 Å². The van der Waals surface area contributed by atoms with Crippen LogP contribution in [0.5, 0.6) is 0 Å². The molecule has 0 aliphatic carbocycles. The fourth-order valence-corrected chi connectivity index (χ4v) is 3.76. The summed E-state index contributed by atoms with van der Waals surface area (Å²) in [5.74, 6) is -0.310. The molecule has 1 atom stereocenters. The number of imide groups is 1. The Morgan fingerprint density at radius 1 is 1.14 bits per heavy atom. The average molecular weight is 413 g/mol. The molecule has 0 bridgehead atoms. The molecule has 2 heterocycles. The van der Waals surface area contributed by atoms with Crippen LogP contribution in [-0.4, -0.2) is 27.9 Å². The molecular formula is C20H14Cl2N4O2. The van der Waals surface area contributed by atoms with Crippen LogP contribution in [0, 0.1) is 11.3 Å². The molecule has 4 rings (SSSR count). The van der Waals surface area contributed by atoms with Crippen molar-refractivity contribution in [2.24, 2.45) is 0 Å². The summed E-state index contributed by atoms with van der Waals surface area (Å²) in [6.07, 6.45) is 2.16. The molecule has 2 N–H and O–H groups in total. The van der Waals surface area contributed by atoms with Crippen molar-refractivity contribution in [1.82, 2.24) is 15.2 Å². The monoisotopic (exact) mass is 412 g/mol. The lowest BCUT2D eigenvalue weighted by atomic mass is 10.0. The summed E-state index contributed by atoms with van der Waals surface area (Å²) in [5, 5.41) is 13.7. The molecule has 1 saturated heterocycles. The number of para-hydroxylation sites is 1. The van der Waals surface area contributed by atoms with Crippen LogP contribution in [0.4, 0.5) is 4.79 Å². The van der Waals surface area contributed by atoms with Crippen LogP contribution >= 0.6 is 23.2 Å². The summed E-state index contributed by atoms with van der Waals surface area (Å²) in [6, 6.07) is 11.3. The van der Waals surface area contributed by atoms with Gasteiger partial charge >= 0.3 is 6.03 Å². The fraction of sp³-hybridized carbons (Fsp3) is 0.150. The van der Waals surface area contributed by atoms with Crippen molar-refractivity contribution >= 4 is 46.0 Å². The van der Waals surface area contributed by atoms with Crippen LogP contribution in [0.25, 0.3) is 10.9 Å². The van der Waals surface area contributed by atoms with Gasteiger partial charge in [-0.1, -0.05) is 41.4 Å². The summed E-state index contributed by atoms with van der Waals surface area (Å²) < 4.78 is 0. The van der Waals surface area contributed by atoms with Crippen molar-refractivity contribution in [1.29, 1.82) is 5.26 Å². The van der Waals surface area contributed by atoms with Crippen LogP contribution < -0.4 is 5.32 Å². The minimum Gasteiger partial charge on any atom is -0.360 e. The highest BCUT2D eigenvalue weighted by molar-refractivity contribution is 6.35. The molecular weight excluding hydrogens is 399 g/mol. The predicted octanol–water partition coefficient (Wildman–Crippen LogP) is 4.01. The number of aromatic nitrogens is 1. The molecule has 3 aromatic rings. The largest absolute Gasteiger partial charge is 0.360 e. The van der Waals surface area contributed by atoms with E-state index in [2.05, 4.69) is 10.3 Å². The zero-order chi connectivity index (χ0) is 19.8. The predicted molar refractivity (Wildman–Crippen MR) is 106 cm³/mol. The summed E-state index contributed by atoms with van der Waals surface area (Å²) in [4.78, 5) is 29.4. The number of aromatic amines is 1. The first-order valence-corrected chi connectivity index (χ1v) is 9.28. The number of hydrogen-bond donors (Lipinski definition) is 2. The number of nitrogens with zero attached hydrogens (tertiary/aromatic N) is 2. The minimum atomic E-state index is -0.659. The number of hydrogen-bond acceptors (Lipinski definition) is 3. The zero-order valence-electron chi connectivity index (χ0n) is 14.5. The van der Waals surface area contributed by atoms with Gasteiger partial charge in [-0.2, -0.15) is 5.26 Å². The van der Waals surface area contributed by atoms with Crippen LogP contribution in [-0.2, 0) is 17.8 Å². The smallest absolute Gasteiger partial charge is 0.325 e. The van der Waals surface area contributed by atoms with E-state index in [-0.39, 0.29) is 12.5 Å². The molecule has 6 nitrogen and oxygen atoms in total. The number of H-pyrrole nitrogens is 1. The van der Waals surface area contributed by atoms with Crippen LogP contribution in [0.3, 0.4) is 0 Å². The Bertz CT molecular complexity index is 1150. The Balaban J connectivity index is 1.54. The minimum absolute atomic E-state index is 0.0761. The van der Waals surface area contributed by atoms with Gasteiger partial charge in [0.25, 0.3) is 5.91 Å². The molecule has 0 unspecified atom stereocenters. The van der Waals surface area contributed by atoms with E-state index in [1.807, 2.05) is 18.2 Å². The molecule has 140 valence electrons. The van der Waals surface area contributed by atoms with Gasteiger partial charge in [-0.25, -0.2) is 4.79 Å². The topological polar surface area (TPSA) is 89.0 Å². The van der Waals surface area contributed by atoms with E-state index in [0.29, 0.717) is 27.6 Å². The second kappa shape index (κ2) is 7.19. The first-order valence-electron chi connectivity index (χ1n) is 8.53. The molecule has 8 heteroatoms. The Labute approximate surface area is 170 Å². The average Bonchev–Trinajstić information content (AvgIpc) is 3.21. The van der Waals surface area contributed by atoms with Crippen molar-refractivity contribution in [2.75, 3.05) is 0 Å². The third-order valence-electron chi connectivity index (χ3n) is 4.77. The maximum absolute atomic E-state index is 12.8. The molecule has 3 amide bonds. The number of benzene rings is 2. The van der Waals surface area contributed by atoms with Crippen LogP contribution in [0.15, 0.2) is 42.6 Å². The normalized spacial score (nSPS) is 16.5. The van der Waals surface area contributed by atoms with Gasteiger partial charge in [0.1, 0.15) is 12.1 Å². The number of fused-ring (bicyclic) bond motifs is 1. The van der Waals surface area contributed by atoms with E-state index >= 15 is 0 Å². The highest BCUT2D eigenvalue weighted by Gasteiger charge is 2.38. The maximum atomic E-state index is 12.8. The van der Waals surface area contributed by atoms with Crippen molar-refractivity contribution in [3.05, 3.63) is 69.3 Å². The summed E-state index contributed by atoms with van der Waals surface area (Å²) in [7, 11) is 0. The summed E-state index contributed by atoms with van der Waals surface area (Å²) in [5.41, 5.74) is 2.66. The van der Waals surface area contributed by atoms with E-state index in [9.17, 15) is 9.59 Å². The first-order chi connectivity index (χ1) is 13.5. The Hall–Kier alpha value is -3.01. The quantitative estimate of drug-likeness (QED) is 0.634. The van der Waals surface area contributed by atoms with Crippen molar-refractivity contribution < 1.29 is 9.59 Å². The molecule has 0 spiro atoms. The second-order valence-corrected chi connectivity index (χ2v) is 7.35. The van der Waals surface area contributed by atoms with Gasteiger partial charge in [0, 0.05) is 18.0 Å². The number of halogens is 2. The van der Waals surface area contributed by atoms with E-state index in [1.54, 1.807) is 30.5 Å². The lowest BCUT2D eigenvalue weighted by Crippen LogP contribution is -2.32. The van der Waals surface area contributed by atoms with Gasteiger partial charge in [-0.3, -0.25) is 9.69 Å². The summed E-state index contributed by atoms with van der Waals surface area (Å²) in [6.45, 7) is 0.0761. The van der Waals surface area contributed by atoms with E-state index in [1.165, 1.54) is 0 Å². The van der Waals surface area contributed by atoms with Gasteiger partial charge in [-0.05, 0) is 29.3 Å². The van der Waals surface area contributed by atoms with Gasteiger partial charge in [0.2, 0.25) is 0 Å². The number of nitrogens with one attached hydrogen (secondary N) is 2. The molecule has 2 aromatic carbocycles. The maximum Gasteiger partial charge on any atom is 0.325 e. The SMILES string of the molecule is N#Cc1cc(CN2C(=O)N[C@@H](Cc3c[nH]c4c(Cl)cccc34)C2=O)ccc1Cl. The highest BCUT2D eigenvalue weighted by Crippen LogP contribution is 2.27. The number of carbonyl (C=O) groups excluding carboxylic acids is 2. The Morgan fingerprint density at radius 2 is 1.96 bits per heavy atom. The zero-order valence-corrected chi connectivity index (χ0v) is 16.0. The van der Waals surface area contributed by atoms with Crippen molar-refractivity contribution in [2.45, 2.75) is 19.0 Å². The van der Waals surface area contributed by atoms with Gasteiger partial charge in [0.15, 0.2) is 0 Å². The number of rotatable bonds is 4.